The second-order valence-corrected chi connectivity index (χ2v) is 5.91. The number of rotatable bonds is 3. The summed E-state index contributed by atoms with van der Waals surface area (Å²) in [7, 11) is 0. The molecule has 21 heavy (non-hydrogen) atoms. The first kappa shape index (κ1) is 12.6. The Bertz CT molecular complexity index is 621. The zero-order valence-electron chi connectivity index (χ0n) is 11.9. The number of hydrogen-bond donors (Lipinski definition) is 0. The van der Waals surface area contributed by atoms with Crippen LogP contribution in [0.15, 0.2) is 36.4 Å². The molecule has 2 amide bonds. The number of nitrogens with zero attached hydrogens (tertiary/aromatic N) is 1. The smallest absolute Gasteiger partial charge is 0.238 e. The fourth-order valence-electron chi connectivity index (χ4n) is 4.06. The van der Waals surface area contributed by atoms with Crippen LogP contribution in [-0.2, 0) is 9.59 Å². The zero-order valence-corrected chi connectivity index (χ0v) is 11.9. The Hall–Kier alpha value is -2.10. The molecule has 3 aliphatic rings. The van der Waals surface area contributed by atoms with E-state index in [0.717, 1.165) is 6.42 Å². The number of amides is 2. The molecule has 4 atom stereocenters. The van der Waals surface area contributed by atoms with Gasteiger partial charge < -0.3 is 4.74 Å². The van der Waals surface area contributed by atoms with E-state index >= 15 is 0 Å². The molecule has 4 rings (SSSR count). The van der Waals surface area contributed by atoms with Gasteiger partial charge in [0.1, 0.15) is 5.75 Å². The van der Waals surface area contributed by atoms with Gasteiger partial charge in [0, 0.05) is 0 Å². The topological polar surface area (TPSA) is 46.6 Å². The van der Waals surface area contributed by atoms with Gasteiger partial charge in [-0.25, -0.2) is 4.90 Å². The third-order valence-electron chi connectivity index (χ3n) is 4.88. The maximum Gasteiger partial charge on any atom is 0.238 e. The van der Waals surface area contributed by atoms with Crippen LogP contribution in [0.2, 0.25) is 0 Å². The molecular formula is C17H17NO3. The SMILES string of the molecule is CCOc1ccccc1N1C(=O)[C@@H]2[C@H](C1=O)[C@@H]1C=C[C@H]2C1. The Morgan fingerprint density at radius 3 is 2.33 bits per heavy atom. The molecule has 1 aromatic carbocycles. The average molecular weight is 283 g/mol. The number of carbonyl (C=O) groups is 2. The fourth-order valence-corrected chi connectivity index (χ4v) is 4.06. The first-order valence-corrected chi connectivity index (χ1v) is 7.50. The van der Waals surface area contributed by atoms with Crippen LogP contribution in [0.25, 0.3) is 0 Å². The summed E-state index contributed by atoms with van der Waals surface area (Å²) in [5, 5.41) is 0. The predicted molar refractivity (Wildman–Crippen MR) is 77.8 cm³/mol. The minimum atomic E-state index is -0.165. The number of benzene rings is 1. The molecule has 4 nitrogen and oxygen atoms in total. The second-order valence-electron chi connectivity index (χ2n) is 5.91. The highest BCUT2D eigenvalue weighted by molar-refractivity contribution is 6.23. The van der Waals surface area contributed by atoms with Crippen molar-refractivity contribution in [3.8, 4) is 5.75 Å². The van der Waals surface area contributed by atoms with Crippen molar-refractivity contribution in [1.82, 2.24) is 0 Å². The van der Waals surface area contributed by atoms with Gasteiger partial charge in [0.25, 0.3) is 0 Å². The third-order valence-corrected chi connectivity index (χ3v) is 4.88. The number of allylic oxidation sites excluding steroid dienone is 2. The first-order chi connectivity index (χ1) is 10.2. The second kappa shape index (κ2) is 4.45. The van der Waals surface area contributed by atoms with E-state index in [2.05, 4.69) is 12.2 Å². The van der Waals surface area contributed by atoms with Crippen LogP contribution in [0.3, 0.4) is 0 Å². The summed E-state index contributed by atoms with van der Waals surface area (Å²) in [6, 6.07) is 7.28. The molecule has 0 unspecified atom stereocenters. The van der Waals surface area contributed by atoms with Gasteiger partial charge in [-0.05, 0) is 37.3 Å². The summed E-state index contributed by atoms with van der Waals surface area (Å²) >= 11 is 0. The Morgan fingerprint density at radius 1 is 1.10 bits per heavy atom. The molecule has 108 valence electrons. The number of imide groups is 1. The lowest BCUT2D eigenvalue weighted by molar-refractivity contribution is -0.123. The van der Waals surface area contributed by atoms with Crippen LogP contribution in [0.4, 0.5) is 5.69 Å². The summed E-state index contributed by atoms with van der Waals surface area (Å²) in [6.07, 6.45) is 5.16. The third kappa shape index (κ3) is 1.62. The molecule has 2 bridgehead atoms. The molecule has 1 heterocycles. The van der Waals surface area contributed by atoms with E-state index in [4.69, 9.17) is 4.74 Å². The number of carbonyl (C=O) groups excluding carboxylic acids is 2. The largest absolute Gasteiger partial charge is 0.492 e. The van der Waals surface area contributed by atoms with Crippen molar-refractivity contribution < 1.29 is 14.3 Å². The quantitative estimate of drug-likeness (QED) is 0.632. The van der Waals surface area contributed by atoms with Crippen molar-refractivity contribution >= 4 is 17.5 Å². The number of fused-ring (bicyclic) bond motifs is 5. The lowest BCUT2D eigenvalue weighted by Crippen LogP contribution is -2.33. The van der Waals surface area contributed by atoms with Gasteiger partial charge in [-0.3, -0.25) is 9.59 Å². The van der Waals surface area contributed by atoms with Crippen molar-refractivity contribution in [2.75, 3.05) is 11.5 Å². The van der Waals surface area contributed by atoms with Gasteiger partial charge in [-0.2, -0.15) is 0 Å². The molecule has 1 saturated carbocycles. The Labute approximate surface area is 123 Å². The van der Waals surface area contributed by atoms with Gasteiger partial charge in [0.15, 0.2) is 0 Å². The van der Waals surface area contributed by atoms with E-state index in [0.29, 0.717) is 18.0 Å². The molecule has 1 saturated heterocycles. The van der Waals surface area contributed by atoms with Crippen LogP contribution in [0, 0.1) is 23.7 Å². The molecule has 1 aromatic rings. The minimum absolute atomic E-state index is 0.0611. The maximum absolute atomic E-state index is 12.8. The summed E-state index contributed by atoms with van der Waals surface area (Å²) in [5.74, 6) is 0.621. The molecule has 0 spiro atoms. The molecule has 0 aromatic heterocycles. The van der Waals surface area contributed by atoms with Crippen LogP contribution >= 0.6 is 0 Å². The van der Waals surface area contributed by atoms with Crippen molar-refractivity contribution in [2.45, 2.75) is 13.3 Å². The fraction of sp³-hybridized carbons (Fsp3) is 0.412. The van der Waals surface area contributed by atoms with E-state index in [1.165, 1.54) is 4.90 Å². The standard InChI is InChI=1S/C17H17NO3/c1-2-21-13-6-4-3-5-12(13)18-16(19)14-10-7-8-11(9-10)15(14)17(18)20/h3-8,10-11,14-15H,2,9H2,1H3/t10-,11+,14-,15+. The lowest BCUT2D eigenvalue weighted by Gasteiger charge is -2.20. The van der Waals surface area contributed by atoms with E-state index < -0.39 is 0 Å². The van der Waals surface area contributed by atoms with Crippen molar-refractivity contribution in [3.05, 3.63) is 36.4 Å². The van der Waals surface area contributed by atoms with Crippen LogP contribution in [-0.4, -0.2) is 18.4 Å². The molecule has 2 aliphatic carbocycles. The van der Waals surface area contributed by atoms with Gasteiger partial charge in [0.05, 0.1) is 24.1 Å². The highest BCUT2D eigenvalue weighted by atomic mass is 16.5. The average Bonchev–Trinajstić information content (AvgIpc) is 3.15. The monoisotopic (exact) mass is 283 g/mol. The Balaban J connectivity index is 1.75. The van der Waals surface area contributed by atoms with E-state index in [9.17, 15) is 9.59 Å². The first-order valence-electron chi connectivity index (χ1n) is 7.50. The molecule has 2 fully saturated rings. The maximum atomic E-state index is 12.8. The van der Waals surface area contributed by atoms with Crippen LogP contribution in [0.1, 0.15) is 13.3 Å². The van der Waals surface area contributed by atoms with Crippen LogP contribution in [0.5, 0.6) is 5.75 Å². The van der Waals surface area contributed by atoms with Gasteiger partial charge in [-0.15, -0.1) is 0 Å². The normalized spacial score (nSPS) is 32.9. The Morgan fingerprint density at radius 2 is 1.71 bits per heavy atom. The van der Waals surface area contributed by atoms with Crippen molar-refractivity contribution in [2.24, 2.45) is 23.7 Å². The summed E-state index contributed by atoms with van der Waals surface area (Å²) < 4.78 is 5.58. The molecule has 1 aliphatic heterocycles. The number of ether oxygens (including phenoxy) is 1. The zero-order chi connectivity index (χ0) is 14.6. The van der Waals surface area contributed by atoms with Gasteiger partial charge in [0.2, 0.25) is 11.8 Å². The summed E-state index contributed by atoms with van der Waals surface area (Å²) in [4.78, 5) is 26.9. The minimum Gasteiger partial charge on any atom is -0.492 e. The molecule has 0 radical (unpaired) electrons. The molecule has 4 heteroatoms. The molecule has 0 N–H and O–H groups in total. The van der Waals surface area contributed by atoms with Crippen LogP contribution < -0.4 is 9.64 Å². The summed E-state index contributed by atoms with van der Waals surface area (Å²) in [5.41, 5.74) is 0.586. The summed E-state index contributed by atoms with van der Waals surface area (Å²) in [6.45, 7) is 2.40. The highest BCUT2D eigenvalue weighted by Crippen LogP contribution is 2.53. The van der Waals surface area contributed by atoms with E-state index in [-0.39, 0.29) is 35.5 Å². The predicted octanol–water partition coefficient (Wildman–Crippen LogP) is 2.40. The number of anilines is 1. The van der Waals surface area contributed by atoms with Gasteiger partial charge in [-0.1, -0.05) is 24.3 Å². The van der Waals surface area contributed by atoms with E-state index in [1.54, 1.807) is 12.1 Å². The van der Waals surface area contributed by atoms with Crippen molar-refractivity contribution in [3.63, 3.8) is 0 Å². The van der Waals surface area contributed by atoms with Crippen molar-refractivity contribution in [1.29, 1.82) is 0 Å². The van der Waals surface area contributed by atoms with E-state index in [1.807, 2.05) is 19.1 Å². The molecular weight excluding hydrogens is 266 g/mol. The number of hydrogen-bond acceptors (Lipinski definition) is 3. The highest BCUT2D eigenvalue weighted by Gasteiger charge is 2.59. The number of para-hydroxylation sites is 2. The Kier molecular flexibility index (Phi) is 2.67. The van der Waals surface area contributed by atoms with Gasteiger partial charge >= 0.3 is 0 Å². The lowest BCUT2D eigenvalue weighted by atomic mass is 9.85.